The number of aromatic carboxylic acids is 1. The summed E-state index contributed by atoms with van der Waals surface area (Å²) >= 11 is 0. The van der Waals surface area contributed by atoms with Gasteiger partial charge in [-0.05, 0) is 19.3 Å². The first kappa shape index (κ1) is 13.8. The second-order valence-electron chi connectivity index (χ2n) is 5.49. The zero-order valence-corrected chi connectivity index (χ0v) is 11.9. The van der Waals surface area contributed by atoms with Gasteiger partial charge in [0.15, 0.2) is 5.82 Å². The quantitative estimate of drug-likeness (QED) is 0.879. The van der Waals surface area contributed by atoms with E-state index in [1.165, 1.54) is 6.20 Å². The van der Waals surface area contributed by atoms with Crippen LogP contribution in [0.3, 0.4) is 0 Å². The highest BCUT2D eigenvalue weighted by molar-refractivity contribution is 6.03. The lowest BCUT2D eigenvalue weighted by Crippen LogP contribution is -2.52. The number of hydrogen-bond acceptors (Lipinski definition) is 5. The van der Waals surface area contributed by atoms with Gasteiger partial charge in [-0.3, -0.25) is 4.79 Å². The molecule has 1 saturated carbocycles. The van der Waals surface area contributed by atoms with Gasteiger partial charge in [-0.15, -0.1) is 0 Å². The molecule has 1 atom stereocenters. The number of hydrogen-bond donors (Lipinski definition) is 2. The lowest BCUT2D eigenvalue weighted by atomic mass is 10.0. The number of amides is 1. The van der Waals surface area contributed by atoms with Crippen molar-refractivity contribution in [1.82, 2.24) is 9.97 Å². The van der Waals surface area contributed by atoms with E-state index in [0.29, 0.717) is 17.9 Å². The van der Waals surface area contributed by atoms with Gasteiger partial charge in [-0.2, -0.15) is 0 Å². The highest BCUT2D eigenvalue weighted by atomic mass is 16.4. The second-order valence-corrected chi connectivity index (χ2v) is 5.49. The standard InChI is InChI=1S/C14H18N4O3/c1-2-10-13(19)16-9-7-15-11(14(20)21)17-12(9)18(10)8-5-3-4-6-8/h7-8,10H,2-6H2,1H3,(H,16,19)(H,20,21). The molecule has 2 aliphatic rings. The third kappa shape index (κ3) is 2.32. The molecule has 0 bridgehead atoms. The van der Waals surface area contributed by atoms with Gasteiger partial charge < -0.3 is 15.3 Å². The summed E-state index contributed by atoms with van der Waals surface area (Å²) in [6.45, 7) is 1.95. The van der Waals surface area contributed by atoms with E-state index < -0.39 is 5.97 Å². The van der Waals surface area contributed by atoms with Crippen LogP contribution in [0, 0.1) is 0 Å². The van der Waals surface area contributed by atoms with Crippen molar-refractivity contribution >= 4 is 23.4 Å². The number of rotatable bonds is 3. The number of carbonyl (C=O) groups excluding carboxylic acids is 1. The number of nitrogens with zero attached hydrogens (tertiary/aromatic N) is 3. The topological polar surface area (TPSA) is 95.4 Å². The summed E-state index contributed by atoms with van der Waals surface area (Å²) in [5.74, 6) is -0.916. The summed E-state index contributed by atoms with van der Waals surface area (Å²) in [6.07, 6.45) is 6.33. The molecular formula is C14H18N4O3. The average Bonchev–Trinajstić information content (AvgIpc) is 2.99. The molecule has 2 N–H and O–H groups in total. The fourth-order valence-electron chi connectivity index (χ4n) is 3.24. The van der Waals surface area contributed by atoms with Crippen LogP contribution in [0.4, 0.5) is 11.5 Å². The van der Waals surface area contributed by atoms with E-state index >= 15 is 0 Å². The Balaban J connectivity index is 2.08. The molecule has 1 unspecified atom stereocenters. The normalized spacial score (nSPS) is 22.0. The smallest absolute Gasteiger partial charge is 0.374 e. The molecule has 1 aliphatic heterocycles. The van der Waals surface area contributed by atoms with Gasteiger partial charge in [0.1, 0.15) is 11.7 Å². The summed E-state index contributed by atoms with van der Waals surface area (Å²) in [6, 6.07) is -0.0477. The van der Waals surface area contributed by atoms with Crippen molar-refractivity contribution in [2.75, 3.05) is 10.2 Å². The maximum absolute atomic E-state index is 12.2. The van der Waals surface area contributed by atoms with E-state index in [4.69, 9.17) is 5.11 Å². The third-order valence-electron chi connectivity index (χ3n) is 4.21. The average molecular weight is 290 g/mol. The van der Waals surface area contributed by atoms with E-state index in [2.05, 4.69) is 15.3 Å². The molecule has 2 heterocycles. The van der Waals surface area contributed by atoms with Gasteiger partial charge >= 0.3 is 5.97 Å². The van der Waals surface area contributed by atoms with E-state index in [9.17, 15) is 9.59 Å². The molecule has 1 fully saturated rings. The molecule has 0 saturated heterocycles. The summed E-state index contributed by atoms with van der Waals surface area (Å²) in [4.78, 5) is 33.3. The van der Waals surface area contributed by atoms with E-state index in [0.717, 1.165) is 25.7 Å². The van der Waals surface area contributed by atoms with Gasteiger partial charge in [-0.25, -0.2) is 14.8 Å². The highest BCUT2D eigenvalue weighted by Gasteiger charge is 2.38. The fourth-order valence-corrected chi connectivity index (χ4v) is 3.24. The van der Waals surface area contributed by atoms with E-state index in [1.807, 2.05) is 11.8 Å². The Bertz CT molecular complexity index is 584. The monoisotopic (exact) mass is 290 g/mol. The zero-order chi connectivity index (χ0) is 15.0. The first-order chi connectivity index (χ1) is 10.1. The molecule has 3 rings (SSSR count). The Morgan fingerprint density at radius 1 is 1.48 bits per heavy atom. The van der Waals surface area contributed by atoms with Crippen LogP contribution in [-0.4, -0.2) is 39.0 Å². The minimum atomic E-state index is -1.16. The predicted octanol–water partition coefficient (Wildman–Crippen LogP) is 1.65. The molecule has 1 aromatic rings. The minimum Gasteiger partial charge on any atom is -0.475 e. The molecule has 0 radical (unpaired) electrons. The maximum Gasteiger partial charge on any atom is 0.374 e. The highest BCUT2D eigenvalue weighted by Crippen LogP contribution is 2.36. The largest absolute Gasteiger partial charge is 0.475 e. The molecular weight excluding hydrogens is 272 g/mol. The van der Waals surface area contributed by atoms with Gasteiger partial charge in [0.05, 0.1) is 6.20 Å². The Kier molecular flexibility index (Phi) is 3.48. The maximum atomic E-state index is 12.2. The van der Waals surface area contributed by atoms with Crippen molar-refractivity contribution in [2.24, 2.45) is 0 Å². The van der Waals surface area contributed by atoms with Crippen LogP contribution >= 0.6 is 0 Å². The van der Waals surface area contributed by atoms with E-state index in [1.54, 1.807) is 0 Å². The summed E-state index contributed by atoms with van der Waals surface area (Å²) in [5, 5.41) is 11.9. The van der Waals surface area contributed by atoms with Crippen LogP contribution in [0.1, 0.15) is 49.6 Å². The molecule has 0 aromatic carbocycles. The molecule has 0 spiro atoms. The van der Waals surface area contributed by atoms with Crippen LogP contribution < -0.4 is 10.2 Å². The Labute approximate surface area is 122 Å². The Hall–Kier alpha value is -2.18. The summed E-state index contributed by atoms with van der Waals surface area (Å²) < 4.78 is 0. The van der Waals surface area contributed by atoms with Crippen molar-refractivity contribution < 1.29 is 14.7 Å². The van der Waals surface area contributed by atoms with Gasteiger partial charge in [-0.1, -0.05) is 19.8 Å². The summed E-state index contributed by atoms with van der Waals surface area (Å²) in [5.41, 5.74) is 0.501. The van der Waals surface area contributed by atoms with Crippen LogP contribution in [0.5, 0.6) is 0 Å². The number of carboxylic acids is 1. The molecule has 21 heavy (non-hydrogen) atoms. The number of nitrogens with one attached hydrogen (secondary N) is 1. The lowest BCUT2D eigenvalue weighted by Gasteiger charge is -2.40. The Morgan fingerprint density at radius 3 is 2.81 bits per heavy atom. The van der Waals surface area contributed by atoms with Crippen molar-refractivity contribution in [3.63, 3.8) is 0 Å². The van der Waals surface area contributed by atoms with Crippen LogP contribution in [0.2, 0.25) is 0 Å². The van der Waals surface area contributed by atoms with Crippen molar-refractivity contribution in [2.45, 2.75) is 51.1 Å². The van der Waals surface area contributed by atoms with Crippen molar-refractivity contribution in [3.8, 4) is 0 Å². The predicted molar refractivity (Wildman–Crippen MR) is 76.4 cm³/mol. The van der Waals surface area contributed by atoms with Crippen LogP contribution in [-0.2, 0) is 4.79 Å². The SMILES string of the molecule is CCC1C(=O)Nc2cnc(C(=O)O)nc2N1C1CCCC1. The van der Waals surface area contributed by atoms with Gasteiger partial charge in [0, 0.05) is 6.04 Å². The molecule has 1 amide bonds. The fraction of sp³-hybridized carbons (Fsp3) is 0.571. The molecule has 1 aromatic heterocycles. The first-order valence-electron chi connectivity index (χ1n) is 7.31. The Morgan fingerprint density at radius 2 is 2.19 bits per heavy atom. The van der Waals surface area contributed by atoms with E-state index in [-0.39, 0.29) is 23.8 Å². The van der Waals surface area contributed by atoms with Crippen LogP contribution in [0.25, 0.3) is 0 Å². The van der Waals surface area contributed by atoms with Crippen molar-refractivity contribution in [3.05, 3.63) is 12.0 Å². The molecule has 112 valence electrons. The van der Waals surface area contributed by atoms with Gasteiger partial charge in [0.25, 0.3) is 0 Å². The summed E-state index contributed by atoms with van der Waals surface area (Å²) in [7, 11) is 0. The number of carboxylic acid groups (broad SMARTS) is 1. The minimum absolute atomic E-state index is 0.0661. The number of anilines is 2. The number of fused-ring (bicyclic) bond motifs is 1. The third-order valence-corrected chi connectivity index (χ3v) is 4.21. The second kappa shape index (κ2) is 5.31. The lowest BCUT2D eigenvalue weighted by molar-refractivity contribution is -0.117. The number of carbonyl (C=O) groups is 2. The van der Waals surface area contributed by atoms with Crippen molar-refractivity contribution in [1.29, 1.82) is 0 Å². The first-order valence-corrected chi connectivity index (χ1v) is 7.31. The molecule has 1 aliphatic carbocycles. The molecule has 7 nitrogen and oxygen atoms in total. The molecule has 7 heteroatoms. The zero-order valence-electron chi connectivity index (χ0n) is 11.9. The van der Waals surface area contributed by atoms with Gasteiger partial charge in [0.2, 0.25) is 11.7 Å². The van der Waals surface area contributed by atoms with Crippen LogP contribution in [0.15, 0.2) is 6.20 Å². The number of aromatic nitrogens is 2.